The first-order valence-electron chi connectivity index (χ1n) is 10.7. The second-order valence-electron chi connectivity index (χ2n) is 8.27. The summed E-state index contributed by atoms with van der Waals surface area (Å²) in [6.07, 6.45) is 3.13. The summed E-state index contributed by atoms with van der Waals surface area (Å²) in [7, 11) is 0. The van der Waals surface area contributed by atoms with Gasteiger partial charge in [-0.05, 0) is 70.8 Å². The molecule has 1 heterocycles. The van der Waals surface area contributed by atoms with Crippen LogP contribution in [0.2, 0.25) is 0 Å². The lowest BCUT2D eigenvalue weighted by Gasteiger charge is -2.21. The fourth-order valence-electron chi connectivity index (χ4n) is 4.34. The quantitative estimate of drug-likeness (QED) is 0.255. The fourth-order valence-corrected chi connectivity index (χ4v) is 4.34. The second-order valence-corrected chi connectivity index (χ2v) is 8.27. The van der Waals surface area contributed by atoms with Crippen molar-refractivity contribution in [3.05, 3.63) is 107 Å². The number of benzene rings is 4. The zero-order chi connectivity index (χ0) is 23.8. The molecule has 4 aromatic carbocycles. The maximum atomic E-state index is 11.0. The molecule has 0 amide bonds. The molecule has 5 rings (SSSR count). The van der Waals surface area contributed by atoms with Crippen LogP contribution in [-0.2, 0) is 0 Å². The Labute approximate surface area is 195 Å². The summed E-state index contributed by atoms with van der Waals surface area (Å²) >= 11 is 0. The maximum Gasteiger partial charge on any atom is 0.135 e. The summed E-state index contributed by atoms with van der Waals surface area (Å²) in [5, 5.41) is 50.3. The molecule has 6 heteroatoms. The Morgan fingerprint density at radius 3 is 1.79 bits per heavy atom. The molecule has 0 saturated heterocycles. The van der Waals surface area contributed by atoms with Gasteiger partial charge in [-0.3, -0.25) is 0 Å². The molecular formula is C28H22O6. The first-order valence-corrected chi connectivity index (χ1v) is 10.7. The van der Waals surface area contributed by atoms with Gasteiger partial charge in [-0.15, -0.1) is 0 Å². The number of aromatic hydroxyl groups is 5. The van der Waals surface area contributed by atoms with E-state index in [4.69, 9.17) is 4.74 Å². The SMILES string of the molecule is Oc1ccc(/C=C\c2cc(O)c3c(c2)OC(c2ccc(O)cc2)C3c2cc(O)cc(O)c2)cc1. The van der Waals surface area contributed by atoms with Crippen molar-refractivity contribution >= 4 is 12.2 Å². The molecule has 0 aliphatic carbocycles. The Kier molecular flexibility index (Phi) is 5.26. The van der Waals surface area contributed by atoms with E-state index in [0.29, 0.717) is 22.4 Å². The van der Waals surface area contributed by atoms with Crippen LogP contribution in [0.5, 0.6) is 34.5 Å². The summed E-state index contributed by atoms with van der Waals surface area (Å²) in [5.41, 5.74) is 3.49. The van der Waals surface area contributed by atoms with Crippen molar-refractivity contribution in [3.8, 4) is 34.5 Å². The highest BCUT2D eigenvalue weighted by Gasteiger charge is 2.39. The van der Waals surface area contributed by atoms with Gasteiger partial charge in [-0.1, -0.05) is 36.4 Å². The lowest BCUT2D eigenvalue weighted by molar-refractivity contribution is 0.222. The zero-order valence-corrected chi connectivity index (χ0v) is 18.0. The highest BCUT2D eigenvalue weighted by molar-refractivity contribution is 5.73. The third-order valence-electron chi connectivity index (χ3n) is 5.88. The number of hydrogen-bond donors (Lipinski definition) is 5. The van der Waals surface area contributed by atoms with Crippen molar-refractivity contribution in [2.75, 3.05) is 0 Å². The van der Waals surface area contributed by atoms with Gasteiger partial charge in [0.1, 0.15) is 40.6 Å². The van der Waals surface area contributed by atoms with Crippen LogP contribution in [-0.4, -0.2) is 25.5 Å². The number of hydrogen-bond acceptors (Lipinski definition) is 6. The zero-order valence-electron chi connectivity index (χ0n) is 18.0. The molecule has 0 aromatic heterocycles. The van der Waals surface area contributed by atoms with Crippen LogP contribution in [0, 0.1) is 0 Å². The van der Waals surface area contributed by atoms with Crippen LogP contribution < -0.4 is 4.74 Å². The Morgan fingerprint density at radius 1 is 0.559 bits per heavy atom. The third kappa shape index (κ3) is 4.09. The molecule has 4 aromatic rings. The van der Waals surface area contributed by atoms with E-state index in [1.54, 1.807) is 54.6 Å². The second kappa shape index (κ2) is 8.41. The minimum Gasteiger partial charge on any atom is -0.508 e. The monoisotopic (exact) mass is 454 g/mol. The largest absolute Gasteiger partial charge is 0.508 e. The first kappa shape index (κ1) is 21.3. The molecule has 34 heavy (non-hydrogen) atoms. The van der Waals surface area contributed by atoms with Gasteiger partial charge in [0.2, 0.25) is 0 Å². The minimum atomic E-state index is -0.556. The molecule has 170 valence electrons. The van der Waals surface area contributed by atoms with E-state index in [-0.39, 0.29) is 28.7 Å². The van der Waals surface area contributed by atoms with E-state index in [0.717, 1.165) is 11.1 Å². The molecule has 2 atom stereocenters. The molecule has 0 spiro atoms. The minimum absolute atomic E-state index is 0.0250. The number of phenolic OH excluding ortho intramolecular Hbond substituents is 5. The van der Waals surface area contributed by atoms with E-state index >= 15 is 0 Å². The number of rotatable bonds is 4. The highest BCUT2D eigenvalue weighted by Crippen LogP contribution is 2.54. The Morgan fingerprint density at radius 2 is 1.15 bits per heavy atom. The van der Waals surface area contributed by atoms with E-state index < -0.39 is 12.0 Å². The molecule has 0 fully saturated rings. The van der Waals surface area contributed by atoms with Crippen molar-refractivity contribution in [2.24, 2.45) is 0 Å². The normalized spacial score (nSPS) is 16.9. The average Bonchev–Trinajstić information content (AvgIpc) is 3.19. The molecule has 0 bridgehead atoms. The smallest absolute Gasteiger partial charge is 0.135 e. The van der Waals surface area contributed by atoms with Gasteiger partial charge in [0.25, 0.3) is 0 Å². The Balaban J connectivity index is 1.58. The summed E-state index contributed by atoms with van der Waals surface area (Å²) in [6.45, 7) is 0. The third-order valence-corrected chi connectivity index (χ3v) is 5.88. The lowest BCUT2D eigenvalue weighted by Crippen LogP contribution is -2.11. The fraction of sp³-hybridized carbons (Fsp3) is 0.0714. The van der Waals surface area contributed by atoms with E-state index in [2.05, 4.69) is 0 Å². The van der Waals surface area contributed by atoms with Crippen LogP contribution in [0.3, 0.4) is 0 Å². The van der Waals surface area contributed by atoms with Crippen molar-refractivity contribution < 1.29 is 30.3 Å². The van der Waals surface area contributed by atoms with Gasteiger partial charge in [-0.25, -0.2) is 0 Å². The molecule has 5 N–H and O–H groups in total. The summed E-state index contributed by atoms with van der Waals surface area (Å²) < 4.78 is 6.30. The van der Waals surface area contributed by atoms with E-state index in [9.17, 15) is 25.5 Å². The average molecular weight is 454 g/mol. The predicted molar refractivity (Wildman–Crippen MR) is 128 cm³/mol. The van der Waals surface area contributed by atoms with Gasteiger partial charge in [0.15, 0.2) is 0 Å². The van der Waals surface area contributed by atoms with Crippen molar-refractivity contribution in [1.82, 2.24) is 0 Å². The van der Waals surface area contributed by atoms with Gasteiger partial charge in [0.05, 0.1) is 5.92 Å². The summed E-state index contributed by atoms with van der Waals surface area (Å²) in [6, 6.07) is 21.1. The number of fused-ring (bicyclic) bond motifs is 1. The molecule has 2 unspecified atom stereocenters. The summed E-state index contributed by atoms with van der Waals surface area (Å²) in [5.74, 6) is 0.114. The van der Waals surface area contributed by atoms with Crippen LogP contribution in [0.15, 0.2) is 78.9 Å². The standard InChI is InChI=1S/C28H22O6/c29-20-7-3-16(4-8-20)1-2-17-11-24(33)27-25(12-17)34-28(18-5-9-21(30)10-6-18)26(27)19-13-22(31)15-23(32)14-19/h1-15,26,28-33H/b2-1-. The molecule has 1 aliphatic rings. The number of phenols is 5. The van der Waals surface area contributed by atoms with E-state index in [1.165, 1.54) is 18.2 Å². The van der Waals surface area contributed by atoms with Crippen molar-refractivity contribution in [2.45, 2.75) is 12.0 Å². The first-order chi connectivity index (χ1) is 16.4. The summed E-state index contributed by atoms with van der Waals surface area (Å²) in [4.78, 5) is 0. The Bertz CT molecular complexity index is 1350. The van der Waals surface area contributed by atoms with Crippen LogP contribution in [0.25, 0.3) is 12.2 Å². The number of ether oxygens (including phenoxy) is 1. The molecule has 0 saturated carbocycles. The molecular weight excluding hydrogens is 432 g/mol. The predicted octanol–water partition coefficient (Wildman–Crippen LogP) is 5.65. The lowest BCUT2D eigenvalue weighted by atomic mass is 9.84. The van der Waals surface area contributed by atoms with Crippen molar-refractivity contribution in [3.63, 3.8) is 0 Å². The van der Waals surface area contributed by atoms with Gasteiger partial charge in [0, 0.05) is 11.6 Å². The van der Waals surface area contributed by atoms with Gasteiger partial charge < -0.3 is 30.3 Å². The van der Waals surface area contributed by atoms with Crippen LogP contribution >= 0.6 is 0 Å². The molecule has 1 aliphatic heterocycles. The van der Waals surface area contributed by atoms with E-state index in [1.807, 2.05) is 18.2 Å². The van der Waals surface area contributed by atoms with Crippen molar-refractivity contribution in [1.29, 1.82) is 0 Å². The van der Waals surface area contributed by atoms with Crippen LogP contribution in [0.4, 0.5) is 0 Å². The highest BCUT2D eigenvalue weighted by atomic mass is 16.5. The van der Waals surface area contributed by atoms with Crippen LogP contribution in [0.1, 0.15) is 39.8 Å². The Hall–Kier alpha value is -4.58. The topological polar surface area (TPSA) is 110 Å². The maximum absolute atomic E-state index is 11.0. The molecule has 0 radical (unpaired) electrons. The van der Waals surface area contributed by atoms with Gasteiger partial charge >= 0.3 is 0 Å². The van der Waals surface area contributed by atoms with Gasteiger partial charge in [-0.2, -0.15) is 0 Å². The molecule has 6 nitrogen and oxygen atoms in total.